The van der Waals surface area contributed by atoms with Crippen LogP contribution >= 0.6 is 24.0 Å². The van der Waals surface area contributed by atoms with Crippen LogP contribution in [0.25, 0.3) is 10.9 Å². The van der Waals surface area contributed by atoms with Crippen molar-refractivity contribution in [1.29, 1.82) is 0 Å². The smallest absolute Gasteiger partial charge is 0.0491 e. The van der Waals surface area contributed by atoms with E-state index in [0.717, 1.165) is 36.5 Å². The summed E-state index contributed by atoms with van der Waals surface area (Å²) in [6.45, 7) is 3.92. The molecule has 1 N–H and O–H groups in total. The maximum atomic E-state index is 6.39. The van der Waals surface area contributed by atoms with E-state index in [9.17, 15) is 0 Å². The first kappa shape index (κ1) is 22.4. The highest BCUT2D eigenvalue weighted by molar-refractivity contribution is 6.31. The van der Waals surface area contributed by atoms with Crippen molar-refractivity contribution in [3.05, 3.63) is 107 Å². The zero-order valence-electron chi connectivity index (χ0n) is 17.2. The van der Waals surface area contributed by atoms with Crippen LogP contribution in [0.5, 0.6) is 0 Å². The monoisotopic (exact) mass is 438 g/mol. The van der Waals surface area contributed by atoms with E-state index in [4.69, 9.17) is 11.6 Å². The number of para-hydroxylation sites is 1. The lowest BCUT2D eigenvalue weighted by Crippen LogP contribution is -2.25. The lowest BCUT2D eigenvalue weighted by Gasteiger charge is -2.13. The fraction of sp³-hybridized carbons (Fsp3) is 0.231. The molecule has 0 spiro atoms. The molecule has 0 saturated heterocycles. The summed E-state index contributed by atoms with van der Waals surface area (Å²) in [7, 11) is 0. The van der Waals surface area contributed by atoms with E-state index in [0.29, 0.717) is 6.04 Å². The van der Waals surface area contributed by atoms with E-state index in [2.05, 4.69) is 83.7 Å². The van der Waals surface area contributed by atoms with Gasteiger partial charge in [0.1, 0.15) is 0 Å². The molecule has 0 aliphatic rings. The fourth-order valence-corrected chi connectivity index (χ4v) is 4.01. The van der Waals surface area contributed by atoms with E-state index < -0.39 is 0 Å². The van der Waals surface area contributed by atoms with Gasteiger partial charge in [-0.15, -0.1) is 12.4 Å². The summed E-state index contributed by atoms with van der Waals surface area (Å²) in [6, 6.07) is 27.9. The fourth-order valence-electron chi connectivity index (χ4n) is 3.82. The molecule has 0 fully saturated rings. The standard InChI is InChI=1S/C26H27ClN2.ClH/c1-20(15-16-21-9-3-2-4-10-21)28-17-23-19-29(26-14-8-6-12-24(23)26)18-22-11-5-7-13-25(22)27;/h2-14,19-20,28H,15-18H2,1H3;1H. The number of nitrogens with zero attached hydrogens (tertiary/aromatic N) is 1. The van der Waals surface area contributed by atoms with Gasteiger partial charge < -0.3 is 9.88 Å². The second-order valence-corrected chi connectivity index (χ2v) is 8.10. The van der Waals surface area contributed by atoms with Gasteiger partial charge in [-0.05, 0) is 48.6 Å². The molecule has 0 bridgehead atoms. The third-order valence-corrected chi connectivity index (χ3v) is 5.89. The molecule has 2 nitrogen and oxygen atoms in total. The first-order valence-corrected chi connectivity index (χ1v) is 10.7. The second-order valence-electron chi connectivity index (χ2n) is 7.70. The molecule has 4 aromatic rings. The van der Waals surface area contributed by atoms with Gasteiger partial charge in [0.15, 0.2) is 0 Å². The van der Waals surface area contributed by atoms with Crippen molar-refractivity contribution < 1.29 is 0 Å². The number of aromatic nitrogens is 1. The molecule has 0 amide bonds. The molecule has 3 aromatic carbocycles. The van der Waals surface area contributed by atoms with E-state index >= 15 is 0 Å². The van der Waals surface area contributed by atoms with Crippen molar-refractivity contribution in [2.24, 2.45) is 0 Å². The third kappa shape index (κ3) is 5.46. The molecule has 1 atom stereocenters. The number of rotatable bonds is 8. The largest absolute Gasteiger partial charge is 0.343 e. The molecular formula is C26H28Cl2N2. The van der Waals surface area contributed by atoms with Gasteiger partial charge >= 0.3 is 0 Å². The van der Waals surface area contributed by atoms with Crippen LogP contribution in [-0.4, -0.2) is 10.6 Å². The van der Waals surface area contributed by atoms with Crippen LogP contribution in [-0.2, 0) is 19.5 Å². The van der Waals surface area contributed by atoms with Crippen LogP contribution in [0.4, 0.5) is 0 Å². The number of halogens is 2. The minimum absolute atomic E-state index is 0. The molecule has 0 aliphatic carbocycles. The maximum absolute atomic E-state index is 6.39. The summed E-state index contributed by atoms with van der Waals surface area (Å²) in [5.74, 6) is 0. The van der Waals surface area contributed by atoms with Crippen LogP contribution in [0, 0.1) is 0 Å². The van der Waals surface area contributed by atoms with Crippen LogP contribution in [0.2, 0.25) is 5.02 Å². The van der Waals surface area contributed by atoms with Gasteiger partial charge in [0.25, 0.3) is 0 Å². The summed E-state index contributed by atoms with van der Waals surface area (Å²) < 4.78 is 2.31. The van der Waals surface area contributed by atoms with E-state index in [1.165, 1.54) is 22.0 Å². The number of hydrogen-bond acceptors (Lipinski definition) is 1. The summed E-state index contributed by atoms with van der Waals surface area (Å²) in [4.78, 5) is 0. The Morgan fingerprint density at radius 3 is 2.37 bits per heavy atom. The van der Waals surface area contributed by atoms with Crippen molar-refractivity contribution in [2.45, 2.75) is 38.9 Å². The Balaban J connectivity index is 0.00000256. The molecule has 0 aliphatic heterocycles. The van der Waals surface area contributed by atoms with Gasteiger partial charge in [-0.1, -0.05) is 78.3 Å². The van der Waals surface area contributed by atoms with E-state index in [-0.39, 0.29) is 12.4 Å². The molecule has 0 radical (unpaired) electrons. The second kappa shape index (κ2) is 10.7. The minimum Gasteiger partial charge on any atom is -0.343 e. The number of benzene rings is 3. The van der Waals surface area contributed by atoms with Crippen molar-refractivity contribution in [1.82, 2.24) is 9.88 Å². The first-order valence-electron chi connectivity index (χ1n) is 10.3. The summed E-state index contributed by atoms with van der Waals surface area (Å²) in [5, 5.41) is 5.84. The SMILES string of the molecule is CC(CCc1ccccc1)NCc1cn(Cc2ccccc2Cl)c2ccccc12.Cl. The highest BCUT2D eigenvalue weighted by Gasteiger charge is 2.11. The molecule has 4 rings (SSSR count). The molecule has 156 valence electrons. The molecule has 0 saturated carbocycles. The Kier molecular flexibility index (Phi) is 7.98. The third-order valence-electron chi connectivity index (χ3n) is 5.52. The predicted octanol–water partition coefficient (Wildman–Crippen LogP) is 6.88. The summed E-state index contributed by atoms with van der Waals surface area (Å²) in [6.07, 6.45) is 4.50. The topological polar surface area (TPSA) is 17.0 Å². The van der Waals surface area contributed by atoms with Crippen LogP contribution in [0.1, 0.15) is 30.0 Å². The molecule has 1 aromatic heterocycles. The number of hydrogen-bond donors (Lipinski definition) is 1. The average Bonchev–Trinajstić information content (AvgIpc) is 3.11. The highest BCUT2D eigenvalue weighted by Crippen LogP contribution is 2.24. The predicted molar refractivity (Wildman–Crippen MR) is 131 cm³/mol. The first-order chi connectivity index (χ1) is 14.2. The normalized spacial score (nSPS) is 11.9. The van der Waals surface area contributed by atoms with Gasteiger partial charge in [0.2, 0.25) is 0 Å². The number of nitrogens with one attached hydrogen (secondary N) is 1. The molecule has 1 unspecified atom stereocenters. The van der Waals surface area contributed by atoms with Gasteiger partial charge in [-0.3, -0.25) is 0 Å². The quantitative estimate of drug-likeness (QED) is 0.317. The van der Waals surface area contributed by atoms with Crippen molar-refractivity contribution in [3.63, 3.8) is 0 Å². The Morgan fingerprint density at radius 1 is 0.867 bits per heavy atom. The summed E-state index contributed by atoms with van der Waals surface area (Å²) >= 11 is 6.39. The van der Waals surface area contributed by atoms with Crippen LogP contribution in [0.15, 0.2) is 85.1 Å². The van der Waals surface area contributed by atoms with Gasteiger partial charge in [-0.25, -0.2) is 0 Å². The van der Waals surface area contributed by atoms with Crippen molar-refractivity contribution >= 4 is 34.9 Å². The van der Waals surface area contributed by atoms with E-state index in [1.807, 2.05) is 18.2 Å². The lowest BCUT2D eigenvalue weighted by atomic mass is 10.1. The Labute approximate surface area is 190 Å². The zero-order chi connectivity index (χ0) is 20.1. The molecule has 30 heavy (non-hydrogen) atoms. The molecule has 4 heteroatoms. The minimum atomic E-state index is 0. The number of aryl methyl sites for hydroxylation is 1. The Bertz CT molecular complexity index is 1070. The van der Waals surface area contributed by atoms with E-state index in [1.54, 1.807) is 0 Å². The van der Waals surface area contributed by atoms with Crippen LogP contribution in [0.3, 0.4) is 0 Å². The highest BCUT2D eigenvalue weighted by atomic mass is 35.5. The molecular weight excluding hydrogens is 411 g/mol. The van der Waals surface area contributed by atoms with Gasteiger partial charge in [0.05, 0.1) is 0 Å². The zero-order valence-corrected chi connectivity index (χ0v) is 18.8. The number of fused-ring (bicyclic) bond motifs is 1. The molecule has 1 heterocycles. The summed E-state index contributed by atoms with van der Waals surface area (Å²) in [5.41, 5.74) is 5.13. The Hall–Kier alpha value is -2.26. The van der Waals surface area contributed by atoms with Crippen molar-refractivity contribution in [2.75, 3.05) is 0 Å². The van der Waals surface area contributed by atoms with Crippen LogP contribution < -0.4 is 5.32 Å². The Morgan fingerprint density at radius 2 is 1.57 bits per heavy atom. The van der Waals surface area contributed by atoms with Crippen molar-refractivity contribution in [3.8, 4) is 0 Å². The maximum Gasteiger partial charge on any atom is 0.0491 e. The van der Waals surface area contributed by atoms with Gasteiger partial charge in [-0.2, -0.15) is 0 Å². The lowest BCUT2D eigenvalue weighted by molar-refractivity contribution is 0.514. The average molecular weight is 439 g/mol. The van der Waals surface area contributed by atoms with Gasteiger partial charge in [0, 0.05) is 41.3 Å².